The second kappa shape index (κ2) is 7.47. The number of carbonyl (C=O) groups excluding carboxylic acids is 1. The van der Waals surface area contributed by atoms with Crippen LogP contribution in [-0.4, -0.2) is 12.1 Å². The van der Waals surface area contributed by atoms with Crippen molar-refractivity contribution in [3.8, 4) is 0 Å². The van der Waals surface area contributed by atoms with Gasteiger partial charge in [-0.25, -0.2) is 0 Å². The van der Waals surface area contributed by atoms with E-state index in [-0.39, 0.29) is 12.1 Å². The average Bonchev–Trinajstić information content (AvgIpc) is 3.11. The molecule has 0 saturated heterocycles. The molecule has 0 aliphatic heterocycles. The van der Waals surface area contributed by atoms with Crippen LogP contribution >= 0.6 is 0 Å². The van der Waals surface area contributed by atoms with Crippen LogP contribution in [0.5, 0.6) is 0 Å². The van der Waals surface area contributed by atoms with E-state index in [4.69, 9.17) is 4.74 Å². The van der Waals surface area contributed by atoms with Crippen molar-refractivity contribution in [1.29, 1.82) is 0 Å². The van der Waals surface area contributed by atoms with Gasteiger partial charge < -0.3 is 4.74 Å². The second-order valence-corrected chi connectivity index (χ2v) is 11.2. The van der Waals surface area contributed by atoms with E-state index in [1.807, 2.05) is 0 Å². The molecule has 0 aromatic rings. The Kier molecular flexibility index (Phi) is 5.12. The normalized spacial score (nSPS) is 49.9. The van der Waals surface area contributed by atoms with Gasteiger partial charge in [-0.15, -0.1) is 0 Å². The smallest absolute Gasteiger partial charge is 0.302 e. The van der Waals surface area contributed by atoms with Gasteiger partial charge in [0.1, 0.15) is 6.10 Å². The maximum Gasteiger partial charge on any atom is 0.302 e. The minimum atomic E-state index is -0.0852. The molecule has 0 radical (unpaired) electrons. The number of allylic oxidation sites excluding steroid dienone is 1. The van der Waals surface area contributed by atoms with Crippen LogP contribution in [0.4, 0.5) is 0 Å². The zero-order valence-corrected chi connectivity index (χ0v) is 18.1. The van der Waals surface area contributed by atoms with Crippen LogP contribution in [-0.2, 0) is 9.53 Å². The van der Waals surface area contributed by atoms with E-state index in [1.165, 1.54) is 63.4 Å². The summed E-state index contributed by atoms with van der Waals surface area (Å²) in [7, 11) is 0. The fourth-order valence-corrected chi connectivity index (χ4v) is 9.28. The molecule has 0 N–H and O–H groups in total. The van der Waals surface area contributed by atoms with Crippen molar-refractivity contribution >= 4 is 5.97 Å². The van der Waals surface area contributed by atoms with Gasteiger partial charge in [-0.2, -0.15) is 0 Å². The molecule has 10 unspecified atom stereocenters. The first kappa shape index (κ1) is 19.2. The molecule has 0 bridgehead atoms. The SMILES string of the molecule is C=C(C)C1CCC2CCC3C4CCC5CC(OC(C)=O)CCC5C4CCC3C21. The van der Waals surface area contributed by atoms with E-state index < -0.39 is 0 Å². The van der Waals surface area contributed by atoms with Crippen LogP contribution in [0.15, 0.2) is 12.2 Å². The van der Waals surface area contributed by atoms with Crippen LogP contribution in [0.1, 0.15) is 84.5 Å². The molecule has 5 aliphatic rings. The molecule has 5 aliphatic carbocycles. The predicted molar refractivity (Wildman–Crippen MR) is 113 cm³/mol. The molecule has 28 heavy (non-hydrogen) atoms. The summed E-state index contributed by atoms with van der Waals surface area (Å²) in [6.45, 7) is 8.26. The summed E-state index contributed by atoms with van der Waals surface area (Å²) in [5.41, 5.74) is 1.47. The van der Waals surface area contributed by atoms with Crippen molar-refractivity contribution in [1.82, 2.24) is 0 Å². The highest BCUT2D eigenvalue weighted by molar-refractivity contribution is 5.66. The van der Waals surface area contributed by atoms with Crippen molar-refractivity contribution < 1.29 is 9.53 Å². The lowest BCUT2D eigenvalue weighted by Gasteiger charge is -2.57. The molecule has 2 heteroatoms. The standard InChI is InChI=1S/C26H40O2/c1-15(2)20-8-4-17-5-9-24-23-10-6-18-14-19(28-16(3)27)7-11-21(18)22(23)12-13-25(24)26(17)20/h17-26H,1,4-14H2,2-3H3. The lowest BCUT2D eigenvalue weighted by Crippen LogP contribution is -2.50. The summed E-state index contributed by atoms with van der Waals surface area (Å²) < 4.78 is 5.60. The Bertz CT molecular complexity index is 624. The molecule has 5 fully saturated rings. The molecule has 5 saturated carbocycles. The lowest BCUT2D eigenvalue weighted by atomic mass is 9.48. The molecule has 0 heterocycles. The third kappa shape index (κ3) is 3.18. The van der Waals surface area contributed by atoms with E-state index in [1.54, 1.807) is 6.92 Å². The van der Waals surface area contributed by atoms with Gasteiger partial charge in [0.2, 0.25) is 0 Å². The van der Waals surface area contributed by atoms with Crippen LogP contribution in [0, 0.1) is 53.3 Å². The Labute approximate surface area is 171 Å². The molecule has 2 nitrogen and oxygen atoms in total. The number of rotatable bonds is 2. The summed E-state index contributed by atoms with van der Waals surface area (Å²) in [6.07, 6.45) is 15.5. The first-order valence-electron chi connectivity index (χ1n) is 12.4. The van der Waals surface area contributed by atoms with E-state index in [9.17, 15) is 4.79 Å². The molecule has 0 spiro atoms. The first-order chi connectivity index (χ1) is 13.5. The summed E-state index contributed by atoms with van der Waals surface area (Å²) in [6, 6.07) is 0. The summed E-state index contributed by atoms with van der Waals surface area (Å²) in [5.74, 6) is 8.43. The molecule has 0 aromatic carbocycles. The zero-order chi connectivity index (χ0) is 19.4. The summed E-state index contributed by atoms with van der Waals surface area (Å²) in [5, 5.41) is 0. The number of carbonyl (C=O) groups is 1. The van der Waals surface area contributed by atoms with E-state index >= 15 is 0 Å². The van der Waals surface area contributed by atoms with Crippen molar-refractivity contribution in [3.05, 3.63) is 12.2 Å². The number of hydrogen-bond acceptors (Lipinski definition) is 2. The van der Waals surface area contributed by atoms with Crippen molar-refractivity contribution in [2.45, 2.75) is 90.6 Å². The fourth-order valence-electron chi connectivity index (χ4n) is 9.28. The highest BCUT2D eigenvalue weighted by Crippen LogP contribution is 2.62. The Hall–Kier alpha value is -0.790. The largest absolute Gasteiger partial charge is 0.463 e. The quantitative estimate of drug-likeness (QED) is 0.407. The Morgan fingerprint density at radius 1 is 0.714 bits per heavy atom. The van der Waals surface area contributed by atoms with Gasteiger partial charge in [0, 0.05) is 6.92 Å². The maximum atomic E-state index is 11.4. The molecule has 0 aromatic heterocycles. The van der Waals surface area contributed by atoms with Gasteiger partial charge in [0.15, 0.2) is 0 Å². The van der Waals surface area contributed by atoms with Crippen LogP contribution in [0.3, 0.4) is 0 Å². The Morgan fingerprint density at radius 2 is 1.29 bits per heavy atom. The average molecular weight is 385 g/mol. The summed E-state index contributed by atoms with van der Waals surface area (Å²) >= 11 is 0. The van der Waals surface area contributed by atoms with E-state index in [2.05, 4.69) is 13.5 Å². The third-order valence-corrected chi connectivity index (χ3v) is 10.1. The summed E-state index contributed by atoms with van der Waals surface area (Å²) in [4.78, 5) is 11.4. The minimum Gasteiger partial charge on any atom is -0.463 e. The van der Waals surface area contributed by atoms with Crippen molar-refractivity contribution in [2.24, 2.45) is 53.3 Å². The van der Waals surface area contributed by atoms with Gasteiger partial charge >= 0.3 is 5.97 Å². The van der Waals surface area contributed by atoms with Crippen molar-refractivity contribution in [2.75, 3.05) is 0 Å². The maximum absolute atomic E-state index is 11.4. The Morgan fingerprint density at radius 3 is 2.04 bits per heavy atom. The number of fused-ring (bicyclic) bond motifs is 7. The second-order valence-electron chi connectivity index (χ2n) is 11.2. The van der Waals surface area contributed by atoms with Gasteiger partial charge in [0.05, 0.1) is 0 Å². The molecule has 156 valence electrons. The first-order valence-corrected chi connectivity index (χ1v) is 12.4. The zero-order valence-electron chi connectivity index (χ0n) is 18.1. The monoisotopic (exact) mass is 384 g/mol. The van der Waals surface area contributed by atoms with Gasteiger partial charge in [-0.05, 0) is 131 Å². The van der Waals surface area contributed by atoms with Crippen LogP contribution < -0.4 is 0 Å². The number of esters is 1. The van der Waals surface area contributed by atoms with Crippen LogP contribution in [0.25, 0.3) is 0 Å². The predicted octanol–water partition coefficient (Wildman–Crippen LogP) is 6.40. The van der Waals surface area contributed by atoms with E-state index in [0.29, 0.717) is 0 Å². The molecule has 10 atom stereocenters. The van der Waals surface area contributed by atoms with E-state index in [0.717, 1.165) is 66.1 Å². The van der Waals surface area contributed by atoms with Gasteiger partial charge in [-0.1, -0.05) is 12.2 Å². The number of hydrogen-bond donors (Lipinski definition) is 0. The van der Waals surface area contributed by atoms with Crippen LogP contribution in [0.2, 0.25) is 0 Å². The Balaban J connectivity index is 1.30. The molecular formula is C26H40O2. The highest BCUT2D eigenvalue weighted by Gasteiger charge is 2.54. The lowest BCUT2D eigenvalue weighted by molar-refractivity contribution is -0.152. The van der Waals surface area contributed by atoms with Crippen molar-refractivity contribution in [3.63, 3.8) is 0 Å². The third-order valence-electron chi connectivity index (χ3n) is 10.1. The number of ether oxygens (including phenoxy) is 1. The fraction of sp³-hybridized carbons (Fsp3) is 0.885. The minimum absolute atomic E-state index is 0.0852. The highest BCUT2D eigenvalue weighted by atomic mass is 16.5. The topological polar surface area (TPSA) is 26.3 Å². The molecular weight excluding hydrogens is 344 g/mol. The van der Waals surface area contributed by atoms with Gasteiger partial charge in [0.25, 0.3) is 0 Å². The molecule has 5 rings (SSSR count). The molecule has 0 amide bonds. The van der Waals surface area contributed by atoms with Gasteiger partial charge in [-0.3, -0.25) is 4.79 Å².